The molecule has 0 aromatic heterocycles. The van der Waals surface area contributed by atoms with Crippen LogP contribution in [0.1, 0.15) is 27.7 Å². The number of esters is 1. The van der Waals surface area contributed by atoms with Gasteiger partial charge in [0.1, 0.15) is 11.5 Å². The van der Waals surface area contributed by atoms with Gasteiger partial charge in [-0.1, -0.05) is 0 Å². The van der Waals surface area contributed by atoms with Gasteiger partial charge in [-0.25, -0.2) is 0 Å². The Morgan fingerprint density at radius 2 is 1.76 bits per heavy atom. The summed E-state index contributed by atoms with van der Waals surface area (Å²) in [6.45, 7) is 7.72. The molecule has 0 N–H and O–H groups in total. The van der Waals surface area contributed by atoms with Crippen molar-refractivity contribution in [3.8, 4) is 0 Å². The van der Waals surface area contributed by atoms with Crippen LogP contribution in [0.15, 0.2) is 0 Å². The lowest BCUT2D eigenvalue weighted by atomic mass is 9.85. The average Bonchev–Trinajstić information content (AvgIpc) is 2.32. The van der Waals surface area contributed by atoms with E-state index in [1.807, 2.05) is 6.92 Å². The average molecular weight is 246 g/mol. The predicted molar refractivity (Wildman–Crippen MR) is 62.7 cm³/mol. The smallest absolute Gasteiger partial charge is 0.318 e. The van der Waals surface area contributed by atoms with Crippen LogP contribution in [-0.4, -0.2) is 44.8 Å². The van der Waals surface area contributed by atoms with Gasteiger partial charge in [0.05, 0.1) is 13.7 Å². The van der Waals surface area contributed by atoms with Crippen LogP contribution in [0.5, 0.6) is 0 Å². The monoisotopic (exact) mass is 246 g/mol. The Hall–Kier alpha value is -0.940. The first-order chi connectivity index (χ1) is 7.91. The van der Waals surface area contributed by atoms with Gasteiger partial charge in [0.25, 0.3) is 0 Å². The van der Waals surface area contributed by atoms with E-state index in [0.29, 0.717) is 13.2 Å². The SMILES string of the molecule is CCOCC(OCC)C(=O)C(C)(C)C(=O)OC. The van der Waals surface area contributed by atoms with E-state index in [0.717, 1.165) is 0 Å². The third-order valence-corrected chi connectivity index (χ3v) is 2.45. The molecule has 0 saturated heterocycles. The molecule has 0 rings (SSSR count). The summed E-state index contributed by atoms with van der Waals surface area (Å²) in [5.74, 6) is -0.886. The Morgan fingerprint density at radius 1 is 1.18 bits per heavy atom. The number of hydrogen-bond acceptors (Lipinski definition) is 5. The first-order valence-electron chi connectivity index (χ1n) is 5.73. The van der Waals surface area contributed by atoms with Gasteiger partial charge in [0.2, 0.25) is 0 Å². The van der Waals surface area contributed by atoms with Crippen molar-refractivity contribution >= 4 is 11.8 Å². The molecule has 100 valence electrons. The van der Waals surface area contributed by atoms with E-state index in [9.17, 15) is 9.59 Å². The minimum Gasteiger partial charge on any atom is -0.468 e. The summed E-state index contributed by atoms with van der Waals surface area (Å²) in [5.41, 5.74) is -1.22. The van der Waals surface area contributed by atoms with E-state index in [2.05, 4.69) is 4.74 Å². The zero-order chi connectivity index (χ0) is 13.5. The summed E-state index contributed by atoms with van der Waals surface area (Å²) in [7, 11) is 1.26. The van der Waals surface area contributed by atoms with Gasteiger partial charge in [-0.3, -0.25) is 9.59 Å². The molecule has 1 atom stereocenters. The zero-order valence-corrected chi connectivity index (χ0v) is 11.2. The highest BCUT2D eigenvalue weighted by molar-refractivity contribution is 6.05. The van der Waals surface area contributed by atoms with Crippen molar-refractivity contribution in [2.24, 2.45) is 5.41 Å². The van der Waals surface area contributed by atoms with Crippen LogP contribution < -0.4 is 0 Å². The number of methoxy groups -OCH3 is 1. The fraction of sp³-hybridized carbons (Fsp3) is 0.833. The maximum absolute atomic E-state index is 12.2. The Balaban J connectivity index is 4.74. The van der Waals surface area contributed by atoms with Crippen molar-refractivity contribution in [2.45, 2.75) is 33.8 Å². The molecule has 0 aliphatic heterocycles. The van der Waals surface area contributed by atoms with Gasteiger partial charge >= 0.3 is 5.97 Å². The van der Waals surface area contributed by atoms with E-state index >= 15 is 0 Å². The Bertz CT molecular complexity index is 260. The van der Waals surface area contributed by atoms with E-state index in [1.165, 1.54) is 21.0 Å². The number of ether oxygens (including phenoxy) is 3. The maximum Gasteiger partial charge on any atom is 0.318 e. The second-order valence-electron chi connectivity index (χ2n) is 4.08. The quantitative estimate of drug-likeness (QED) is 0.475. The van der Waals surface area contributed by atoms with Crippen LogP contribution in [0, 0.1) is 5.41 Å². The van der Waals surface area contributed by atoms with Gasteiger partial charge in [-0.05, 0) is 27.7 Å². The molecule has 1 unspecified atom stereocenters. The van der Waals surface area contributed by atoms with Crippen molar-refractivity contribution in [1.29, 1.82) is 0 Å². The topological polar surface area (TPSA) is 61.8 Å². The van der Waals surface area contributed by atoms with Crippen molar-refractivity contribution in [1.82, 2.24) is 0 Å². The number of ketones is 1. The molecule has 0 fully saturated rings. The fourth-order valence-corrected chi connectivity index (χ4v) is 1.38. The van der Waals surface area contributed by atoms with Gasteiger partial charge in [0.15, 0.2) is 5.78 Å². The third kappa shape index (κ3) is 4.44. The summed E-state index contributed by atoms with van der Waals surface area (Å²) in [5, 5.41) is 0. The zero-order valence-electron chi connectivity index (χ0n) is 11.2. The standard InChI is InChI=1S/C12H22O5/c1-6-16-8-9(17-7-2)10(13)12(3,4)11(14)15-5/h9H,6-8H2,1-5H3. The summed E-state index contributed by atoms with van der Waals surface area (Å²) < 4.78 is 15.1. The maximum atomic E-state index is 12.2. The summed E-state index contributed by atoms with van der Waals surface area (Å²) >= 11 is 0. The van der Waals surface area contributed by atoms with Crippen LogP contribution in [0.2, 0.25) is 0 Å². The number of hydrogen-bond donors (Lipinski definition) is 0. The Labute approximate surface area is 102 Å². The molecular formula is C12H22O5. The highest BCUT2D eigenvalue weighted by atomic mass is 16.5. The van der Waals surface area contributed by atoms with Crippen LogP contribution in [-0.2, 0) is 23.8 Å². The number of rotatable bonds is 8. The van der Waals surface area contributed by atoms with Crippen LogP contribution in [0.25, 0.3) is 0 Å². The number of carbonyl (C=O) groups excluding carboxylic acids is 2. The van der Waals surface area contributed by atoms with Crippen LogP contribution >= 0.6 is 0 Å². The number of carbonyl (C=O) groups is 2. The highest BCUT2D eigenvalue weighted by Gasteiger charge is 2.41. The molecule has 0 aliphatic rings. The van der Waals surface area contributed by atoms with E-state index in [4.69, 9.17) is 9.47 Å². The van der Waals surface area contributed by atoms with Crippen molar-refractivity contribution in [3.63, 3.8) is 0 Å². The molecule has 0 radical (unpaired) electrons. The Morgan fingerprint density at radius 3 is 2.18 bits per heavy atom. The largest absolute Gasteiger partial charge is 0.468 e. The van der Waals surface area contributed by atoms with Gasteiger partial charge < -0.3 is 14.2 Å². The lowest BCUT2D eigenvalue weighted by Crippen LogP contribution is -2.44. The molecule has 0 bridgehead atoms. The highest BCUT2D eigenvalue weighted by Crippen LogP contribution is 2.22. The van der Waals surface area contributed by atoms with Crippen LogP contribution in [0.3, 0.4) is 0 Å². The molecule has 0 aliphatic carbocycles. The second-order valence-corrected chi connectivity index (χ2v) is 4.08. The van der Waals surface area contributed by atoms with Gasteiger partial charge in [-0.15, -0.1) is 0 Å². The lowest BCUT2D eigenvalue weighted by molar-refractivity contribution is -0.161. The Kier molecular flexibility index (Phi) is 6.99. The molecule has 0 aromatic carbocycles. The summed E-state index contributed by atoms with van der Waals surface area (Å²) in [6, 6.07) is 0. The minimum absolute atomic E-state index is 0.156. The van der Waals surface area contributed by atoms with Gasteiger partial charge in [-0.2, -0.15) is 0 Å². The van der Waals surface area contributed by atoms with E-state index < -0.39 is 17.5 Å². The van der Waals surface area contributed by atoms with Gasteiger partial charge in [0, 0.05) is 13.2 Å². The molecule has 17 heavy (non-hydrogen) atoms. The molecule has 5 heteroatoms. The van der Waals surface area contributed by atoms with E-state index in [-0.39, 0.29) is 12.4 Å². The van der Waals surface area contributed by atoms with Crippen LogP contribution in [0.4, 0.5) is 0 Å². The molecule has 5 nitrogen and oxygen atoms in total. The van der Waals surface area contributed by atoms with Crippen molar-refractivity contribution in [3.05, 3.63) is 0 Å². The van der Waals surface area contributed by atoms with E-state index in [1.54, 1.807) is 6.92 Å². The lowest BCUT2D eigenvalue weighted by Gasteiger charge is -2.25. The molecule has 0 saturated carbocycles. The molecule has 0 amide bonds. The molecular weight excluding hydrogens is 224 g/mol. The summed E-state index contributed by atoms with van der Waals surface area (Å²) in [4.78, 5) is 23.7. The van der Waals surface area contributed by atoms with Crippen molar-refractivity contribution in [2.75, 3.05) is 26.9 Å². The fourth-order valence-electron chi connectivity index (χ4n) is 1.38. The normalized spacial score (nSPS) is 13.2. The summed E-state index contributed by atoms with van der Waals surface area (Å²) in [6.07, 6.45) is -0.728. The molecule has 0 aromatic rings. The number of Topliss-reactive ketones (excluding diaryl/α,β-unsaturated/α-hetero) is 1. The molecule has 0 heterocycles. The molecule has 0 spiro atoms. The van der Waals surface area contributed by atoms with Crippen molar-refractivity contribution < 1.29 is 23.8 Å². The first-order valence-corrected chi connectivity index (χ1v) is 5.73. The first kappa shape index (κ1) is 16.1. The second kappa shape index (κ2) is 7.40. The minimum atomic E-state index is -1.22. The predicted octanol–water partition coefficient (Wildman–Crippen LogP) is 1.20. The third-order valence-electron chi connectivity index (χ3n) is 2.45.